The second-order valence-corrected chi connectivity index (χ2v) is 5.17. The molecule has 0 spiro atoms. The number of hydrogen-bond acceptors (Lipinski definition) is 4. The maximum atomic E-state index is 12.4. The Morgan fingerprint density at radius 3 is 2.62 bits per heavy atom. The van der Waals surface area contributed by atoms with Crippen molar-refractivity contribution in [3.63, 3.8) is 0 Å². The third kappa shape index (κ3) is 3.58. The van der Waals surface area contributed by atoms with Crippen molar-refractivity contribution in [3.05, 3.63) is 47.2 Å². The molecule has 2 N–H and O–H groups in total. The number of aliphatic hydroxyl groups is 2. The van der Waals surface area contributed by atoms with Crippen LogP contribution >= 0.6 is 0 Å². The minimum atomic E-state index is -0.0638. The number of ketones is 1. The van der Waals surface area contributed by atoms with Crippen LogP contribution in [0.25, 0.3) is 0 Å². The van der Waals surface area contributed by atoms with Crippen molar-refractivity contribution in [3.8, 4) is 0 Å². The Labute approximate surface area is 124 Å². The molecule has 1 atom stereocenters. The average molecular weight is 287 g/mol. The van der Waals surface area contributed by atoms with E-state index in [2.05, 4.69) is 4.99 Å². The first-order valence-corrected chi connectivity index (χ1v) is 7.32. The van der Waals surface area contributed by atoms with E-state index in [1.807, 2.05) is 37.3 Å². The van der Waals surface area contributed by atoms with E-state index in [9.17, 15) is 9.90 Å². The minimum absolute atomic E-state index is 0.0616. The van der Waals surface area contributed by atoms with Gasteiger partial charge in [0.25, 0.3) is 0 Å². The normalized spacial score (nSPS) is 23.4. The van der Waals surface area contributed by atoms with Crippen LogP contribution < -0.4 is 0 Å². The van der Waals surface area contributed by atoms with Crippen molar-refractivity contribution in [2.24, 2.45) is 4.99 Å². The summed E-state index contributed by atoms with van der Waals surface area (Å²) in [6.45, 7) is 2.00. The molecule has 0 amide bonds. The van der Waals surface area contributed by atoms with Gasteiger partial charge in [0, 0.05) is 18.6 Å². The summed E-state index contributed by atoms with van der Waals surface area (Å²) < 4.78 is 0. The van der Waals surface area contributed by atoms with E-state index >= 15 is 0 Å². The topological polar surface area (TPSA) is 69.9 Å². The lowest BCUT2D eigenvalue weighted by Crippen LogP contribution is -2.27. The first-order valence-electron chi connectivity index (χ1n) is 7.32. The summed E-state index contributed by atoms with van der Waals surface area (Å²) in [5.74, 6) is 0.124. The number of aliphatic hydroxyl groups excluding tert-OH is 2. The molecule has 21 heavy (non-hydrogen) atoms. The van der Waals surface area contributed by atoms with Crippen LogP contribution in [0.2, 0.25) is 0 Å². The third-order valence-corrected chi connectivity index (χ3v) is 3.74. The zero-order chi connectivity index (χ0) is 15.2. The van der Waals surface area contributed by atoms with Crippen LogP contribution in [0.4, 0.5) is 0 Å². The molecule has 1 aromatic rings. The fraction of sp³-hybridized carbons (Fsp3) is 0.412. The molecule has 1 saturated carbocycles. The number of Topliss-reactive ketones (excluding diaryl/α,β-unsaturated/α-hetero) is 1. The third-order valence-electron chi connectivity index (χ3n) is 3.74. The first kappa shape index (κ1) is 15.4. The van der Waals surface area contributed by atoms with Gasteiger partial charge in [0.05, 0.1) is 18.7 Å². The number of carbonyl (C=O) groups excluding carboxylic acids is 1. The second kappa shape index (κ2) is 7.18. The lowest BCUT2D eigenvalue weighted by molar-refractivity contribution is -0.115. The molecule has 0 bridgehead atoms. The number of hydrogen-bond donors (Lipinski definition) is 2. The van der Waals surface area contributed by atoms with Gasteiger partial charge in [-0.3, -0.25) is 9.79 Å². The van der Waals surface area contributed by atoms with Gasteiger partial charge in [0.2, 0.25) is 0 Å². The zero-order valence-electron chi connectivity index (χ0n) is 12.2. The summed E-state index contributed by atoms with van der Waals surface area (Å²) in [7, 11) is 0. The fourth-order valence-corrected chi connectivity index (χ4v) is 2.69. The number of aliphatic imine (C=N–C) groups is 1. The van der Waals surface area contributed by atoms with E-state index in [1.165, 1.54) is 0 Å². The molecule has 1 fully saturated rings. The van der Waals surface area contributed by atoms with Crippen LogP contribution in [0.1, 0.15) is 37.7 Å². The quantitative estimate of drug-likeness (QED) is 0.661. The standard InChI is InChI=1S/C17H21NO3/c1-2-15(20)17-14(18-8-9-19)10-13(11-16(17)21)12-6-4-3-5-7-12/h3-7,13,19-20H,2,8-11H2,1H3/b17-15+,18-14?. The van der Waals surface area contributed by atoms with Crippen molar-refractivity contribution >= 4 is 11.5 Å². The van der Waals surface area contributed by atoms with Crippen molar-refractivity contribution in [2.75, 3.05) is 13.2 Å². The van der Waals surface area contributed by atoms with Crippen LogP contribution in [0.15, 0.2) is 46.7 Å². The smallest absolute Gasteiger partial charge is 0.168 e. The molecule has 1 aliphatic rings. The highest BCUT2D eigenvalue weighted by Crippen LogP contribution is 2.33. The molecule has 4 heteroatoms. The summed E-state index contributed by atoms with van der Waals surface area (Å²) in [5, 5.41) is 19.0. The van der Waals surface area contributed by atoms with E-state index in [0.717, 1.165) is 5.56 Å². The van der Waals surface area contributed by atoms with Gasteiger partial charge in [-0.05, 0) is 17.9 Å². The van der Waals surface area contributed by atoms with Crippen LogP contribution in [-0.4, -0.2) is 34.9 Å². The summed E-state index contributed by atoms with van der Waals surface area (Å²) in [4.78, 5) is 16.7. The summed E-state index contributed by atoms with van der Waals surface area (Å²) in [6.07, 6.45) is 1.42. The molecule has 0 heterocycles. The van der Waals surface area contributed by atoms with Gasteiger partial charge in [-0.25, -0.2) is 0 Å². The Kier molecular flexibility index (Phi) is 5.28. The van der Waals surface area contributed by atoms with Gasteiger partial charge < -0.3 is 10.2 Å². The highest BCUT2D eigenvalue weighted by atomic mass is 16.3. The number of benzene rings is 1. The van der Waals surface area contributed by atoms with E-state index in [4.69, 9.17) is 5.11 Å². The van der Waals surface area contributed by atoms with Gasteiger partial charge in [-0.15, -0.1) is 0 Å². The van der Waals surface area contributed by atoms with Gasteiger partial charge in [-0.1, -0.05) is 37.3 Å². The Balaban J connectivity index is 2.34. The Morgan fingerprint density at radius 1 is 1.29 bits per heavy atom. The Hall–Kier alpha value is -1.94. The molecule has 0 aromatic heterocycles. The lowest BCUT2D eigenvalue weighted by atomic mass is 9.79. The molecule has 4 nitrogen and oxygen atoms in total. The summed E-state index contributed by atoms with van der Waals surface area (Å²) >= 11 is 0. The monoisotopic (exact) mass is 287 g/mol. The highest BCUT2D eigenvalue weighted by Gasteiger charge is 2.31. The Bertz CT molecular complexity index is 561. The number of nitrogens with zero attached hydrogens (tertiary/aromatic N) is 1. The van der Waals surface area contributed by atoms with Crippen molar-refractivity contribution < 1.29 is 15.0 Å². The van der Waals surface area contributed by atoms with Crippen molar-refractivity contribution in [1.82, 2.24) is 0 Å². The second-order valence-electron chi connectivity index (χ2n) is 5.17. The van der Waals surface area contributed by atoms with Gasteiger partial charge >= 0.3 is 0 Å². The number of allylic oxidation sites excluding steroid dienone is 2. The fourth-order valence-electron chi connectivity index (χ4n) is 2.69. The molecule has 0 radical (unpaired) electrons. The molecule has 112 valence electrons. The maximum absolute atomic E-state index is 12.4. The first-order chi connectivity index (χ1) is 10.2. The summed E-state index contributed by atoms with van der Waals surface area (Å²) in [6, 6.07) is 9.88. The predicted molar refractivity (Wildman–Crippen MR) is 82.8 cm³/mol. The Morgan fingerprint density at radius 2 is 2.00 bits per heavy atom. The maximum Gasteiger partial charge on any atom is 0.168 e. The lowest BCUT2D eigenvalue weighted by Gasteiger charge is -2.25. The molecular weight excluding hydrogens is 266 g/mol. The number of rotatable bonds is 4. The van der Waals surface area contributed by atoms with Gasteiger partial charge in [-0.2, -0.15) is 0 Å². The summed E-state index contributed by atoms with van der Waals surface area (Å²) in [5.41, 5.74) is 2.09. The largest absolute Gasteiger partial charge is 0.512 e. The van der Waals surface area contributed by atoms with E-state index in [0.29, 0.717) is 30.5 Å². The molecule has 2 rings (SSSR count). The van der Waals surface area contributed by atoms with Gasteiger partial charge in [0.1, 0.15) is 5.76 Å². The molecule has 1 aromatic carbocycles. The van der Waals surface area contributed by atoms with Crippen LogP contribution in [0.3, 0.4) is 0 Å². The molecule has 0 aliphatic heterocycles. The highest BCUT2D eigenvalue weighted by molar-refractivity contribution is 6.24. The predicted octanol–water partition coefficient (Wildman–Crippen LogP) is 2.79. The van der Waals surface area contributed by atoms with Crippen LogP contribution in [-0.2, 0) is 4.79 Å². The number of carbonyl (C=O) groups is 1. The molecule has 1 aliphatic carbocycles. The van der Waals surface area contributed by atoms with Crippen molar-refractivity contribution in [1.29, 1.82) is 0 Å². The van der Waals surface area contributed by atoms with Gasteiger partial charge in [0.15, 0.2) is 5.78 Å². The molecule has 0 saturated heterocycles. The van der Waals surface area contributed by atoms with Crippen LogP contribution in [0.5, 0.6) is 0 Å². The van der Waals surface area contributed by atoms with E-state index in [-0.39, 0.29) is 30.6 Å². The minimum Gasteiger partial charge on any atom is -0.512 e. The average Bonchev–Trinajstić information content (AvgIpc) is 2.52. The molecular formula is C17H21NO3. The van der Waals surface area contributed by atoms with E-state index in [1.54, 1.807) is 0 Å². The molecule has 1 unspecified atom stereocenters. The van der Waals surface area contributed by atoms with E-state index < -0.39 is 0 Å². The zero-order valence-corrected chi connectivity index (χ0v) is 12.2. The SMILES string of the molecule is CC/C(O)=C1\C(=O)CC(c2ccccc2)CC1=NCCO. The van der Waals surface area contributed by atoms with Crippen LogP contribution in [0, 0.1) is 0 Å². The van der Waals surface area contributed by atoms with Crippen molar-refractivity contribution in [2.45, 2.75) is 32.1 Å².